The molecule has 0 aromatic carbocycles. The van der Waals surface area contributed by atoms with Gasteiger partial charge in [-0.05, 0) is 19.3 Å². The highest BCUT2D eigenvalue weighted by Gasteiger charge is 2.47. The van der Waals surface area contributed by atoms with Crippen molar-refractivity contribution in [1.29, 1.82) is 0 Å². The fraction of sp³-hybridized carbons (Fsp3) is 0.667. The highest BCUT2D eigenvalue weighted by Crippen LogP contribution is 2.40. The highest BCUT2D eigenvalue weighted by atomic mass is 19.1. The fourth-order valence-corrected chi connectivity index (χ4v) is 3.17. The van der Waals surface area contributed by atoms with E-state index in [0.717, 1.165) is 12.8 Å². The zero-order valence-electron chi connectivity index (χ0n) is 13.3. The third-order valence-corrected chi connectivity index (χ3v) is 4.89. The molecule has 0 unspecified atom stereocenters. The van der Waals surface area contributed by atoms with Gasteiger partial charge < -0.3 is 20.3 Å². The number of aromatic nitrogens is 4. The molecule has 9 heteroatoms. The van der Waals surface area contributed by atoms with Gasteiger partial charge in [-0.25, -0.2) is 4.98 Å². The number of fused-ring (bicyclic) bond motifs is 1. The van der Waals surface area contributed by atoms with Crippen molar-refractivity contribution >= 4 is 17.0 Å². The predicted octanol–water partition coefficient (Wildman–Crippen LogP) is 0.961. The number of anilines is 1. The molecule has 1 saturated heterocycles. The van der Waals surface area contributed by atoms with Crippen LogP contribution in [0.15, 0.2) is 6.33 Å². The minimum atomic E-state index is -1.01. The summed E-state index contributed by atoms with van der Waals surface area (Å²) in [6.07, 6.45) is 2.09. The van der Waals surface area contributed by atoms with Crippen molar-refractivity contribution in [2.24, 2.45) is 0 Å². The maximum absolute atomic E-state index is 13.8. The number of halogens is 1. The van der Waals surface area contributed by atoms with Crippen LogP contribution in [0, 0.1) is 6.08 Å². The van der Waals surface area contributed by atoms with E-state index in [2.05, 4.69) is 20.3 Å². The van der Waals surface area contributed by atoms with Gasteiger partial charge in [-0.3, -0.25) is 4.57 Å². The van der Waals surface area contributed by atoms with Crippen molar-refractivity contribution in [2.75, 3.05) is 11.9 Å². The van der Waals surface area contributed by atoms with Crippen LogP contribution in [-0.4, -0.2) is 54.1 Å². The lowest BCUT2D eigenvalue weighted by molar-refractivity contribution is -0.128. The van der Waals surface area contributed by atoms with E-state index in [4.69, 9.17) is 4.74 Å². The summed E-state index contributed by atoms with van der Waals surface area (Å²) in [7, 11) is 0. The van der Waals surface area contributed by atoms with Crippen LogP contribution in [0.3, 0.4) is 0 Å². The molecule has 0 spiro atoms. The lowest BCUT2D eigenvalue weighted by Crippen LogP contribution is -2.42. The monoisotopic (exact) mass is 337 g/mol. The molecular formula is C15H20FN5O3. The molecule has 0 radical (unpaired) electrons. The van der Waals surface area contributed by atoms with Gasteiger partial charge in [0.15, 0.2) is 17.0 Å². The number of nitrogens with zero attached hydrogens (tertiary/aromatic N) is 4. The molecule has 3 heterocycles. The average molecular weight is 337 g/mol. The summed E-state index contributed by atoms with van der Waals surface area (Å²) < 4.78 is 21.3. The minimum Gasteiger partial charge on any atom is -0.393 e. The SMILES string of the molecule is CC[C@]1(CO)O[C@@H](n2cnc3c(NC4CC4)nc(F)nc32)C[C@@H]1O. The molecule has 24 heavy (non-hydrogen) atoms. The van der Waals surface area contributed by atoms with E-state index in [-0.39, 0.29) is 13.0 Å². The molecule has 1 aliphatic heterocycles. The van der Waals surface area contributed by atoms with Crippen molar-refractivity contribution in [1.82, 2.24) is 19.5 Å². The Kier molecular flexibility index (Phi) is 3.66. The Labute approximate surface area is 137 Å². The number of hydrogen-bond acceptors (Lipinski definition) is 7. The van der Waals surface area contributed by atoms with Crippen molar-refractivity contribution in [3.63, 3.8) is 0 Å². The second-order valence-electron chi connectivity index (χ2n) is 6.48. The quantitative estimate of drug-likeness (QED) is 0.698. The molecule has 1 saturated carbocycles. The van der Waals surface area contributed by atoms with Crippen molar-refractivity contribution in [3.05, 3.63) is 12.4 Å². The van der Waals surface area contributed by atoms with Crippen molar-refractivity contribution < 1.29 is 19.3 Å². The molecule has 0 bridgehead atoms. The normalized spacial score (nSPS) is 30.2. The van der Waals surface area contributed by atoms with E-state index in [1.165, 1.54) is 6.33 Å². The van der Waals surface area contributed by atoms with E-state index >= 15 is 0 Å². The van der Waals surface area contributed by atoms with Gasteiger partial charge in [-0.2, -0.15) is 14.4 Å². The van der Waals surface area contributed by atoms with Gasteiger partial charge in [0, 0.05) is 12.5 Å². The van der Waals surface area contributed by atoms with Gasteiger partial charge in [0.25, 0.3) is 0 Å². The van der Waals surface area contributed by atoms with Crippen molar-refractivity contribution in [2.45, 2.75) is 56.6 Å². The van der Waals surface area contributed by atoms with Gasteiger partial charge in [0.2, 0.25) is 0 Å². The number of aliphatic hydroxyl groups excluding tert-OH is 2. The van der Waals surface area contributed by atoms with Crippen molar-refractivity contribution in [3.8, 4) is 0 Å². The molecule has 130 valence electrons. The zero-order chi connectivity index (χ0) is 16.9. The van der Waals surface area contributed by atoms with Crippen LogP contribution >= 0.6 is 0 Å². The smallest absolute Gasteiger partial charge is 0.312 e. The summed E-state index contributed by atoms with van der Waals surface area (Å²) in [4.78, 5) is 11.9. The molecule has 3 N–H and O–H groups in total. The van der Waals surface area contributed by atoms with E-state index < -0.39 is 24.0 Å². The second kappa shape index (κ2) is 5.61. The second-order valence-corrected chi connectivity index (χ2v) is 6.48. The summed E-state index contributed by atoms with van der Waals surface area (Å²) >= 11 is 0. The first-order valence-electron chi connectivity index (χ1n) is 8.19. The third-order valence-electron chi connectivity index (χ3n) is 4.89. The maximum atomic E-state index is 13.8. The summed E-state index contributed by atoms with van der Waals surface area (Å²) in [5, 5.41) is 23.0. The number of imidazole rings is 1. The van der Waals surface area contributed by atoms with Crippen LogP contribution in [0.1, 0.15) is 38.8 Å². The Morgan fingerprint density at radius 1 is 1.46 bits per heavy atom. The summed E-state index contributed by atoms with van der Waals surface area (Å²) in [5.41, 5.74) is -0.228. The molecule has 2 aliphatic rings. The van der Waals surface area contributed by atoms with Crippen LogP contribution in [0.2, 0.25) is 0 Å². The van der Waals surface area contributed by atoms with E-state index in [1.807, 2.05) is 6.92 Å². The molecule has 2 aromatic heterocycles. The summed E-state index contributed by atoms with van der Waals surface area (Å²) in [6.45, 7) is 1.55. The summed E-state index contributed by atoms with van der Waals surface area (Å²) in [5.74, 6) is 0.376. The van der Waals surface area contributed by atoms with Crippen LogP contribution in [0.25, 0.3) is 11.2 Å². The van der Waals surface area contributed by atoms with Gasteiger partial charge in [0.05, 0.1) is 19.0 Å². The Balaban J connectivity index is 1.71. The Hall–Kier alpha value is -1.84. The van der Waals surface area contributed by atoms with E-state index in [1.54, 1.807) is 4.57 Å². The van der Waals surface area contributed by atoms with Gasteiger partial charge in [0.1, 0.15) is 11.8 Å². The number of nitrogens with one attached hydrogen (secondary N) is 1. The van der Waals surface area contributed by atoms with Crippen LogP contribution in [-0.2, 0) is 4.74 Å². The standard InChI is InChI=1S/C15H20FN5O3/c1-2-15(6-22)9(23)5-10(24-15)21-7-17-11-12(18-8-3-4-8)19-14(16)20-13(11)21/h7-10,22-23H,2-6H2,1H3,(H,18,19,20)/t9-,10+,15+/m0/s1. The van der Waals surface area contributed by atoms with Gasteiger partial charge in [-0.15, -0.1) is 0 Å². The number of aliphatic hydroxyl groups is 2. The largest absolute Gasteiger partial charge is 0.393 e. The molecule has 2 aromatic rings. The minimum absolute atomic E-state index is 0.275. The third kappa shape index (κ3) is 2.43. The Bertz CT molecular complexity index is 759. The first kappa shape index (κ1) is 15.7. The number of hydrogen-bond donors (Lipinski definition) is 3. The van der Waals surface area contributed by atoms with Gasteiger partial charge in [-0.1, -0.05) is 6.92 Å². The lowest BCUT2D eigenvalue weighted by Gasteiger charge is -2.28. The lowest BCUT2D eigenvalue weighted by atomic mass is 9.95. The first-order valence-corrected chi connectivity index (χ1v) is 8.19. The molecule has 8 nitrogen and oxygen atoms in total. The summed E-state index contributed by atoms with van der Waals surface area (Å²) in [6, 6.07) is 0.305. The number of ether oxygens (including phenoxy) is 1. The van der Waals surface area contributed by atoms with Crippen LogP contribution in [0.5, 0.6) is 0 Å². The van der Waals surface area contributed by atoms with Crippen LogP contribution in [0.4, 0.5) is 10.2 Å². The Morgan fingerprint density at radius 3 is 2.88 bits per heavy atom. The highest BCUT2D eigenvalue weighted by molar-refractivity contribution is 5.83. The molecular weight excluding hydrogens is 317 g/mol. The molecule has 2 fully saturated rings. The number of rotatable bonds is 5. The first-order chi connectivity index (χ1) is 11.6. The molecule has 1 aliphatic carbocycles. The Morgan fingerprint density at radius 2 is 2.25 bits per heavy atom. The fourth-order valence-electron chi connectivity index (χ4n) is 3.17. The predicted molar refractivity (Wildman–Crippen MR) is 82.8 cm³/mol. The average Bonchev–Trinajstić information content (AvgIpc) is 3.17. The maximum Gasteiger partial charge on any atom is 0.312 e. The zero-order valence-corrected chi connectivity index (χ0v) is 13.3. The van der Waals surface area contributed by atoms with Crippen LogP contribution < -0.4 is 5.32 Å². The van der Waals surface area contributed by atoms with Gasteiger partial charge >= 0.3 is 6.08 Å². The molecule has 0 amide bonds. The topological polar surface area (TPSA) is 105 Å². The van der Waals surface area contributed by atoms with E-state index in [0.29, 0.717) is 29.4 Å². The molecule has 4 rings (SSSR count). The molecule has 3 atom stereocenters. The van der Waals surface area contributed by atoms with E-state index in [9.17, 15) is 14.6 Å².